The predicted molar refractivity (Wildman–Crippen MR) is 88.5 cm³/mol. The highest BCUT2D eigenvalue weighted by atomic mass is 32.2. The molecule has 1 aliphatic heterocycles. The molecule has 3 heterocycles. The third-order valence-corrected chi connectivity index (χ3v) is 6.37. The third-order valence-electron chi connectivity index (χ3n) is 5.27. The molecule has 0 aromatic carbocycles. The number of nitrogens with zero attached hydrogens (tertiary/aromatic N) is 4. The van der Waals surface area contributed by atoms with Gasteiger partial charge in [0.05, 0.1) is 11.2 Å². The summed E-state index contributed by atoms with van der Waals surface area (Å²) in [7, 11) is -2.01. The Labute approximate surface area is 135 Å². The van der Waals surface area contributed by atoms with Gasteiger partial charge in [0, 0.05) is 44.0 Å². The molecule has 2 aromatic rings. The smallest absolute Gasteiger partial charge is 0.276 e. The maximum atomic E-state index is 11.4. The van der Waals surface area contributed by atoms with E-state index in [-0.39, 0.29) is 11.5 Å². The summed E-state index contributed by atoms with van der Waals surface area (Å²) in [5.74, 6) is 0. The van der Waals surface area contributed by atoms with Crippen molar-refractivity contribution in [2.75, 3.05) is 25.0 Å². The molecule has 2 aromatic heterocycles. The first kappa shape index (κ1) is 14.9. The first-order valence-electron chi connectivity index (χ1n) is 7.72. The van der Waals surface area contributed by atoms with E-state index in [1.807, 2.05) is 23.0 Å². The maximum Gasteiger partial charge on any atom is 0.276 e. The maximum absolute atomic E-state index is 11.4. The summed E-state index contributed by atoms with van der Waals surface area (Å²) in [6, 6.07) is 4.24. The van der Waals surface area contributed by atoms with Gasteiger partial charge >= 0.3 is 0 Å². The summed E-state index contributed by atoms with van der Waals surface area (Å²) in [4.78, 5) is 2.35. The van der Waals surface area contributed by atoms with Gasteiger partial charge in [-0.1, -0.05) is 0 Å². The van der Waals surface area contributed by atoms with Crippen molar-refractivity contribution in [1.82, 2.24) is 13.9 Å². The first-order chi connectivity index (χ1) is 10.8. The zero-order chi connectivity index (χ0) is 16.4. The van der Waals surface area contributed by atoms with E-state index in [1.165, 1.54) is 15.6 Å². The van der Waals surface area contributed by atoms with E-state index >= 15 is 0 Å². The molecule has 23 heavy (non-hydrogen) atoms. The van der Waals surface area contributed by atoms with Crippen molar-refractivity contribution < 1.29 is 8.42 Å². The van der Waals surface area contributed by atoms with Gasteiger partial charge < -0.3 is 4.90 Å². The van der Waals surface area contributed by atoms with Crippen LogP contribution in [0.3, 0.4) is 0 Å². The molecule has 2 aliphatic rings. The van der Waals surface area contributed by atoms with E-state index in [4.69, 9.17) is 5.14 Å². The van der Waals surface area contributed by atoms with Crippen LogP contribution in [0.4, 0.5) is 5.69 Å². The first-order valence-corrected chi connectivity index (χ1v) is 9.23. The van der Waals surface area contributed by atoms with E-state index in [0.29, 0.717) is 0 Å². The number of nitrogens with two attached hydrogens (primary N) is 1. The van der Waals surface area contributed by atoms with Gasteiger partial charge in [0.1, 0.15) is 0 Å². The van der Waals surface area contributed by atoms with Crippen LogP contribution in [-0.2, 0) is 10.2 Å². The number of rotatable bonds is 3. The Bertz CT molecular complexity index is 861. The molecule has 4 rings (SSSR count). The van der Waals surface area contributed by atoms with Crippen molar-refractivity contribution in [3.63, 3.8) is 0 Å². The zero-order valence-electron chi connectivity index (χ0n) is 13.3. The number of hydrogen-bond donors (Lipinski definition) is 1. The van der Waals surface area contributed by atoms with Crippen molar-refractivity contribution in [2.24, 2.45) is 10.6 Å². The number of fused-ring (bicyclic) bond motifs is 1. The SMILES string of the molecule is Cc1cc2c(N3CC4(CC(N(C)S(N)(=O)=O)C4)C3)ccnn2c1. The number of aromatic nitrogens is 2. The molecular weight excluding hydrogens is 314 g/mol. The molecule has 1 saturated heterocycles. The van der Waals surface area contributed by atoms with Crippen LogP contribution in [0.5, 0.6) is 0 Å². The Balaban J connectivity index is 1.46. The summed E-state index contributed by atoms with van der Waals surface area (Å²) in [6.07, 6.45) is 5.62. The molecule has 0 unspecified atom stereocenters. The summed E-state index contributed by atoms with van der Waals surface area (Å²) < 4.78 is 26.0. The molecule has 0 atom stereocenters. The highest BCUT2D eigenvalue weighted by Gasteiger charge is 2.54. The van der Waals surface area contributed by atoms with Gasteiger partial charge in [-0.3, -0.25) is 0 Å². The minimum Gasteiger partial charge on any atom is -0.368 e. The van der Waals surface area contributed by atoms with Crippen LogP contribution in [-0.4, -0.2) is 48.5 Å². The lowest BCUT2D eigenvalue weighted by molar-refractivity contribution is 0.0212. The van der Waals surface area contributed by atoms with E-state index < -0.39 is 10.2 Å². The molecule has 0 radical (unpaired) electrons. The van der Waals surface area contributed by atoms with Crippen LogP contribution >= 0.6 is 0 Å². The summed E-state index contributed by atoms with van der Waals surface area (Å²) in [5, 5.41) is 9.54. The Morgan fingerprint density at radius 3 is 2.74 bits per heavy atom. The van der Waals surface area contributed by atoms with Gasteiger partial charge in [0.15, 0.2) is 0 Å². The molecular formula is C15H21N5O2S. The van der Waals surface area contributed by atoms with Gasteiger partial charge in [0.25, 0.3) is 10.2 Å². The zero-order valence-corrected chi connectivity index (χ0v) is 14.1. The van der Waals surface area contributed by atoms with Crippen molar-refractivity contribution in [2.45, 2.75) is 25.8 Å². The predicted octanol–water partition coefficient (Wildman–Crippen LogP) is 0.747. The standard InChI is InChI=1S/C15H21N5O2S/c1-11-5-14-13(3-4-17-20(14)8-11)19-9-15(10-19)6-12(7-15)18(2)23(16,21)22/h3-5,8,12H,6-7,9-10H2,1-2H3,(H2,16,21,22). The number of aryl methyl sites for hydroxylation is 1. The molecule has 1 spiro atoms. The Hall–Kier alpha value is -1.64. The Morgan fingerprint density at radius 2 is 2.09 bits per heavy atom. The lowest BCUT2D eigenvalue weighted by Gasteiger charge is -2.60. The van der Waals surface area contributed by atoms with Gasteiger partial charge in [0.2, 0.25) is 0 Å². The molecule has 2 N–H and O–H groups in total. The molecule has 2 fully saturated rings. The summed E-state index contributed by atoms with van der Waals surface area (Å²) >= 11 is 0. The minimum absolute atomic E-state index is 0.0418. The van der Waals surface area contributed by atoms with Crippen molar-refractivity contribution in [3.05, 3.63) is 30.1 Å². The molecule has 0 amide bonds. The highest BCUT2D eigenvalue weighted by molar-refractivity contribution is 7.86. The quantitative estimate of drug-likeness (QED) is 0.897. The molecule has 7 nitrogen and oxygen atoms in total. The fourth-order valence-corrected chi connectivity index (χ4v) is 4.56. The van der Waals surface area contributed by atoms with E-state index in [9.17, 15) is 8.42 Å². The van der Waals surface area contributed by atoms with E-state index in [0.717, 1.165) is 31.4 Å². The fraction of sp³-hybridized carbons (Fsp3) is 0.533. The normalized spacial score (nSPS) is 21.0. The molecule has 8 heteroatoms. The average molecular weight is 335 g/mol. The molecule has 1 saturated carbocycles. The lowest BCUT2D eigenvalue weighted by Crippen LogP contribution is -2.67. The van der Waals surface area contributed by atoms with E-state index in [1.54, 1.807) is 7.05 Å². The second-order valence-electron chi connectivity index (χ2n) is 7.04. The van der Waals surface area contributed by atoms with Crippen molar-refractivity contribution >= 4 is 21.4 Å². The third kappa shape index (κ3) is 2.32. The second kappa shape index (κ2) is 4.68. The Morgan fingerprint density at radius 1 is 1.39 bits per heavy atom. The van der Waals surface area contributed by atoms with Crippen LogP contribution in [0.25, 0.3) is 5.52 Å². The summed E-state index contributed by atoms with van der Waals surface area (Å²) in [6.45, 7) is 3.99. The highest BCUT2D eigenvalue weighted by Crippen LogP contribution is 2.51. The van der Waals surface area contributed by atoms with Crippen molar-refractivity contribution in [1.29, 1.82) is 0 Å². The molecule has 124 valence electrons. The van der Waals surface area contributed by atoms with Gasteiger partial charge in [-0.05, 0) is 37.5 Å². The van der Waals surface area contributed by atoms with Crippen molar-refractivity contribution in [3.8, 4) is 0 Å². The van der Waals surface area contributed by atoms with Crippen LogP contribution in [0, 0.1) is 12.3 Å². The molecule has 0 bridgehead atoms. The van der Waals surface area contributed by atoms with Crippen LogP contribution < -0.4 is 10.0 Å². The minimum atomic E-state index is -3.58. The van der Waals surface area contributed by atoms with Gasteiger partial charge in [-0.2, -0.15) is 17.8 Å². The second-order valence-corrected chi connectivity index (χ2v) is 8.65. The van der Waals surface area contributed by atoms with Gasteiger partial charge in [-0.15, -0.1) is 0 Å². The van der Waals surface area contributed by atoms with Gasteiger partial charge in [-0.25, -0.2) is 9.65 Å². The lowest BCUT2D eigenvalue weighted by atomic mass is 9.60. The number of anilines is 1. The fourth-order valence-electron chi connectivity index (χ4n) is 3.99. The van der Waals surface area contributed by atoms with Crippen LogP contribution in [0.15, 0.2) is 24.5 Å². The van der Waals surface area contributed by atoms with Crippen LogP contribution in [0.2, 0.25) is 0 Å². The summed E-state index contributed by atoms with van der Waals surface area (Å²) in [5.41, 5.74) is 3.75. The van der Waals surface area contributed by atoms with Crippen LogP contribution in [0.1, 0.15) is 18.4 Å². The monoisotopic (exact) mass is 335 g/mol. The number of hydrogen-bond acceptors (Lipinski definition) is 4. The topological polar surface area (TPSA) is 83.9 Å². The Kier molecular flexibility index (Phi) is 3.04. The molecule has 1 aliphatic carbocycles. The largest absolute Gasteiger partial charge is 0.368 e. The average Bonchev–Trinajstić information content (AvgIpc) is 2.74. The van der Waals surface area contributed by atoms with E-state index in [2.05, 4.69) is 23.0 Å².